The summed E-state index contributed by atoms with van der Waals surface area (Å²) in [4.78, 5) is 10.9. The zero-order valence-electron chi connectivity index (χ0n) is 8.55. The van der Waals surface area contributed by atoms with Gasteiger partial charge in [-0.05, 0) is 17.7 Å². The third-order valence-corrected chi connectivity index (χ3v) is 2.25. The van der Waals surface area contributed by atoms with E-state index in [4.69, 9.17) is 0 Å². The molecule has 0 aliphatic carbocycles. The highest BCUT2D eigenvalue weighted by Gasteiger charge is 2.29. The minimum absolute atomic E-state index is 0.115. The minimum Gasteiger partial charge on any atom is -0.440 e. The zero-order chi connectivity index (χ0) is 12.9. The fourth-order valence-corrected chi connectivity index (χ4v) is 1.24. The van der Waals surface area contributed by atoms with Crippen LogP contribution in [0.5, 0.6) is 0 Å². The molecule has 17 heavy (non-hydrogen) atoms. The SMILES string of the molecule is O=C(NCc1ccc(Br)cc1)OCC(F)(F)F. The van der Waals surface area contributed by atoms with Crippen molar-refractivity contribution in [2.75, 3.05) is 6.61 Å². The molecule has 0 fully saturated rings. The molecule has 0 saturated heterocycles. The third kappa shape index (κ3) is 6.15. The molecule has 0 aromatic heterocycles. The Hall–Kier alpha value is -1.24. The summed E-state index contributed by atoms with van der Waals surface area (Å²) in [5, 5.41) is 2.21. The van der Waals surface area contributed by atoms with Crippen LogP contribution < -0.4 is 5.32 Å². The predicted molar refractivity (Wildman–Crippen MR) is 58.4 cm³/mol. The molecule has 94 valence electrons. The number of benzene rings is 1. The largest absolute Gasteiger partial charge is 0.440 e. The number of nitrogens with one attached hydrogen (secondary N) is 1. The van der Waals surface area contributed by atoms with Gasteiger partial charge in [0.05, 0.1) is 0 Å². The monoisotopic (exact) mass is 311 g/mol. The van der Waals surface area contributed by atoms with Crippen molar-refractivity contribution in [2.45, 2.75) is 12.7 Å². The highest BCUT2D eigenvalue weighted by Crippen LogP contribution is 2.14. The summed E-state index contributed by atoms with van der Waals surface area (Å²) in [5.41, 5.74) is 0.761. The van der Waals surface area contributed by atoms with Gasteiger partial charge in [-0.1, -0.05) is 28.1 Å². The van der Waals surface area contributed by atoms with E-state index in [0.29, 0.717) is 0 Å². The molecule has 0 bridgehead atoms. The minimum atomic E-state index is -4.51. The van der Waals surface area contributed by atoms with E-state index in [9.17, 15) is 18.0 Å². The van der Waals surface area contributed by atoms with Crippen LogP contribution in [0, 0.1) is 0 Å². The highest BCUT2D eigenvalue weighted by molar-refractivity contribution is 9.10. The van der Waals surface area contributed by atoms with E-state index in [1.807, 2.05) is 0 Å². The molecule has 1 amide bonds. The summed E-state index contributed by atoms with van der Waals surface area (Å²) in [6.45, 7) is -1.47. The van der Waals surface area contributed by atoms with Gasteiger partial charge in [0.2, 0.25) is 0 Å². The summed E-state index contributed by atoms with van der Waals surface area (Å²) >= 11 is 3.24. The lowest BCUT2D eigenvalue weighted by Gasteiger charge is -2.09. The van der Waals surface area contributed by atoms with Gasteiger partial charge in [0.25, 0.3) is 0 Å². The van der Waals surface area contributed by atoms with Crippen molar-refractivity contribution < 1.29 is 22.7 Å². The van der Waals surface area contributed by atoms with Gasteiger partial charge in [0, 0.05) is 11.0 Å². The summed E-state index contributed by atoms with van der Waals surface area (Å²) in [7, 11) is 0. The molecule has 0 radical (unpaired) electrons. The van der Waals surface area contributed by atoms with Crippen LogP contribution in [0.2, 0.25) is 0 Å². The van der Waals surface area contributed by atoms with Crippen LogP contribution in [0.4, 0.5) is 18.0 Å². The van der Waals surface area contributed by atoms with Crippen molar-refractivity contribution in [3.05, 3.63) is 34.3 Å². The topological polar surface area (TPSA) is 38.3 Å². The van der Waals surface area contributed by atoms with E-state index in [1.54, 1.807) is 24.3 Å². The maximum Gasteiger partial charge on any atom is 0.422 e. The van der Waals surface area contributed by atoms with E-state index < -0.39 is 18.9 Å². The quantitative estimate of drug-likeness (QED) is 0.930. The number of hydrogen-bond donors (Lipinski definition) is 1. The Balaban J connectivity index is 2.31. The number of hydrogen-bond acceptors (Lipinski definition) is 2. The van der Waals surface area contributed by atoms with Crippen molar-refractivity contribution in [3.63, 3.8) is 0 Å². The first kappa shape index (κ1) is 13.8. The number of rotatable bonds is 3. The van der Waals surface area contributed by atoms with Crippen LogP contribution in [0.1, 0.15) is 5.56 Å². The van der Waals surface area contributed by atoms with E-state index in [-0.39, 0.29) is 6.54 Å². The van der Waals surface area contributed by atoms with Gasteiger partial charge in [-0.3, -0.25) is 0 Å². The first-order valence-corrected chi connectivity index (χ1v) is 5.38. The molecular formula is C10H9BrF3NO2. The molecule has 0 atom stereocenters. The van der Waals surface area contributed by atoms with Crippen LogP contribution >= 0.6 is 15.9 Å². The van der Waals surface area contributed by atoms with Gasteiger partial charge in [-0.2, -0.15) is 13.2 Å². The first-order chi connectivity index (χ1) is 7.87. The van der Waals surface area contributed by atoms with E-state index >= 15 is 0 Å². The standard InChI is InChI=1S/C10H9BrF3NO2/c11-8-3-1-7(2-4-8)5-15-9(16)17-6-10(12,13)14/h1-4H,5-6H2,(H,15,16). The van der Waals surface area contributed by atoms with Crippen molar-refractivity contribution in [2.24, 2.45) is 0 Å². The van der Waals surface area contributed by atoms with Crippen LogP contribution in [0.3, 0.4) is 0 Å². The Bertz CT molecular complexity index is 378. The Morgan fingerprint density at radius 2 is 1.88 bits per heavy atom. The van der Waals surface area contributed by atoms with Gasteiger partial charge in [0.15, 0.2) is 6.61 Å². The van der Waals surface area contributed by atoms with Crippen LogP contribution in [0.25, 0.3) is 0 Å². The molecule has 0 aliphatic heterocycles. The van der Waals surface area contributed by atoms with Crippen LogP contribution in [0.15, 0.2) is 28.7 Å². The molecule has 7 heteroatoms. The Morgan fingerprint density at radius 3 is 2.41 bits per heavy atom. The lowest BCUT2D eigenvalue weighted by Crippen LogP contribution is -2.28. The van der Waals surface area contributed by atoms with E-state index in [0.717, 1.165) is 10.0 Å². The summed E-state index contributed by atoms with van der Waals surface area (Å²) in [6, 6.07) is 6.98. The number of amides is 1. The van der Waals surface area contributed by atoms with Crippen molar-refractivity contribution in [3.8, 4) is 0 Å². The molecule has 1 rings (SSSR count). The number of alkyl carbamates (subject to hydrolysis) is 1. The van der Waals surface area contributed by atoms with Crippen LogP contribution in [-0.4, -0.2) is 18.9 Å². The molecule has 1 aromatic rings. The molecule has 3 nitrogen and oxygen atoms in total. The van der Waals surface area contributed by atoms with Gasteiger partial charge in [-0.15, -0.1) is 0 Å². The second-order valence-electron chi connectivity index (χ2n) is 3.17. The fourth-order valence-electron chi connectivity index (χ4n) is 0.975. The lowest BCUT2D eigenvalue weighted by atomic mass is 10.2. The first-order valence-electron chi connectivity index (χ1n) is 4.58. The molecule has 0 spiro atoms. The maximum atomic E-state index is 11.7. The molecule has 0 saturated carbocycles. The Labute approximate surface area is 104 Å². The van der Waals surface area contributed by atoms with Gasteiger partial charge < -0.3 is 10.1 Å². The van der Waals surface area contributed by atoms with Gasteiger partial charge in [0.1, 0.15) is 0 Å². The average molecular weight is 312 g/mol. The second-order valence-corrected chi connectivity index (χ2v) is 4.09. The number of halogens is 4. The molecule has 0 aliphatic rings. The van der Waals surface area contributed by atoms with E-state index in [1.165, 1.54) is 0 Å². The fraction of sp³-hybridized carbons (Fsp3) is 0.300. The molecule has 0 heterocycles. The Kier molecular flexibility index (Phi) is 4.80. The summed E-state index contributed by atoms with van der Waals surface area (Å²) in [5.74, 6) is 0. The van der Waals surface area contributed by atoms with Gasteiger partial charge in [-0.25, -0.2) is 4.79 Å². The summed E-state index contributed by atoms with van der Waals surface area (Å²) in [6.07, 6.45) is -5.60. The zero-order valence-corrected chi connectivity index (χ0v) is 10.1. The summed E-state index contributed by atoms with van der Waals surface area (Å²) < 4.78 is 40.0. The molecular weight excluding hydrogens is 303 g/mol. The number of carbonyl (C=O) groups excluding carboxylic acids is 1. The van der Waals surface area contributed by atoms with Crippen molar-refractivity contribution in [1.29, 1.82) is 0 Å². The second kappa shape index (κ2) is 5.90. The smallest absolute Gasteiger partial charge is 0.422 e. The van der Waals surface area contributed by atoms with Crippen LogP contribution in [-0.2, 0) is 11.3 Å². The number of ether oxygens (including phenoxy) is 1. The molecule has 1 aromatic carbocycles. The normalized spacial score (nSPS) is 11.1. The number of alkyl halides is 3. The molecule has 1 N–H and O–H groups in total. The Morgan fingerprint density at radius 1 is 1.29 bits per heavy atom. The lowest BCUT2D eigenvalue weighted by molar-refractivity contribution is -0.160. The van der Waals surface area contributed by atoms with Gasteiger partial charge >= 0.3 is 12.3 Å². The number of carbonyl (C=O) groups is 1. The highest BCUT2D eigenvalue weighted by atomic mass is 79.9. The maximum absolute atomic E-state index is 11.7. The van der Waals surface area contributed by atoms with Crippen molar-refractivity contribution >= 4 is 22.0 Å². The van der Waals surface area contributed by atoms with E-state index in [2.05, 4.69) is 26.0 Å². The average Bonchev–Trinajstić information content (AvgIpc) is 2.25. The van der Waals surface area contributed by atoms with Crippen molar-refractivity contribution in [1.82, 2.24) is 5.32 Å². The third-order valence-electron chi connectivity index (χ3n) is 1.72. The molecule has 0 unspecified atom stereocenters. The predicted octanol–water partition coefficient (Wildman–Crippen LogP) is 3.24.